The van der Waals surface area contributed by atoms with Crippen molar-refractivity contribution < 1.29 is 14.3 Å². The Kier molecular flexibility index (Phi) is 5.01. The molecule has 4 heteroatoms. The van der Waals surface area contributed by atoms with Crippen LogP contribution in [0.2, 0.25) is 0 Å². The van der Waals surface area contributed by atoms with Gasteiger partial charge in [0, 0.05) is 5.56 Å². The van der Waals surface area contributed by atoms with Gasteiger partial charge in [0.25, 0.3) is 0 Å². The zero-order valence-corrected chi connectivity index (χ0v) is 12.5. The monoisotopic (exact) mass is 277 g/mol. The smallest absolute Gasteiger partial charge is 0.231 e. The van der Waals surface area contributed by atoms with E-state index in [0.29, 0.717) is 17.1 Å². The fraction of sp³-hybridized carbons (Fsp3) is 0.562. The summed E-state index contributed by atoms with van der Waals surface area (Å²) in [5.41, 5.74) is 0.699. The lowest BCUT2D eigenvalue weighted by molar-refractivity contribution is 0.0863. The molecule has 110 valence electrons. The first-order chi connectivity index (χ1) is 9.63. The SMILES string of the molecule is CCCCCC(C(=O)c1ccc2c(c1)OCO2)N(C)C. The van der Waals surface area contributed by atoms with E-state index in [0.717, 1.165) is 12.8 Å². The molecule has 0 N–H and O–H groups in total. The zero-order valence-electron chi connectivity index (χ0n) is 12.5. The van der Waals surface area contributed by atoms with E-state index in [4.69, 9.17) is 9.47 Å². The Morgan fingerprint density at radius 1 is 1.25 bits per heavy atom. The normalized spacial score (nSPS) is 14.6. The Morgan fingerprint density at radius 3 is 2.70 bits per heavy atom. The van der Waals surface area contributed by atoms with Crippen molar-refractivity contribution in [1.29, 1.82) is 0 Å². The van der Waals surface area contributed by atoms with Gasteiger partial charge in [-0.05, 0) is 38.7 Å². The van der Waals surface area contributed by atoms with Gasteiger partial charge in [0.15, 0.2) is 17.3 Å². The number of ketones is 1. The number of hydrogen-bond donors (Lipinski definition) is 0. The van der Waals surface area contributed by atoms with Gasteiger partial charge in [-0.15, -0.1) is 0 Å². The number of benzene rings is 1. The molecule has 2 rings (SSSR count). The first-order valence-electron chi connectivity index (χ1n) is 7.23. The second kappa shape index (κ2) is 6.75. The number of carbonyl (C=O) groups is 1. The summed E-state index contributed by atoms with van der Waals surface area (Å²) in [6.07, 6.45) is 4.31. The van der Waals surface area contributed by atoms with Gasteiger partial charge in [0.2, 0.25) is 6.79 Å². The van der Waals surface area contributed by atoms with Crippen molar-refractivity contribution in [3.8, 4) is 11.5 Å². The first-order valence-corrected chi connectivity index (χ1v) is 7.23. The van der Waals surface area contributed by atoms with E-state index in [2.05, 4.69) is 6.92 Å². The fourth-order valence-corrected chi connectivity index (χ4v) is 2.45. The number of ether oxygens (including phenoxy) is 2. The van der Waals surface area contributed by atoms with Crippen LogP contribution in [0.25, 0.3) is 0 Å². The molecule has 1 atom stereocenters. The lowest BCUT2D eigenvalue weighted by Gasteiger charge is -2.23. The van der Waals surface area contributed by atoms with Crippen LogP contribution in [0.1, 0.15) is 43.0 Å². The molecule has 0 amide bonds. The summed E-state index contributed by atoms with van der Waals surface area (Å²) in [5.74, 6) is 1.54. The third-order valence-electron chi connectivity index (χ3n) is 3.66. The van der Waals surface area contributed by atoms with E-state index in [-0.39, 0.29) is 18.6 Å². The highest BCUT2D eigenvalue weighted by atomic mass is 16.7. The van der Waals surface area contributed by atoms with Gasteiger partial charge in [-0.1, -0.05) is 26.2 Å². The molecule has 1 unspecified atom stereocenters. The van der Waals surface area contributed by atoms with E-state index >= 15 is 0 Å². The van der Waals surface area contributed by atoms with Crippen molar-refractivity contribution >= 4 is 5.78 Å². The van der Waals surface area contributed by atoms with Gasteiger partial charge in [-0.3, -0.25) is 9.69 Å². The predicted octanol–water partition coefficient (Wildman–Crippen LogP) is 3.11. The highest BCUT2D eigenvalue weighted by Gasteiger charge is 2.24. The van der Waals surface area contributed by atoms with Crippen molar-refractivity contribution in [2.24, 2.45) is 0 Å². The number of nitrogens with zero attached hydrogens (tertiary/aromatic N) is 1. The molecule has 1 heterocycles. The summed E-state index contributed by atoms with van der Waals surface area (Å²) in [6, 6.07) is 5.36. The topological polar surface area (TPSA) is 38.8 Å². The van der Waals surface area contributed by atoms with Crippen LogP contribution in [0, 0.1) is 0 Å². The molecule has 0 saturated carbocycles. The van der Waals surface area contributed by atoms with Crippen LogP contribution in [-0.2, 0) is 0 Å². The number of carbonyl (C=O) groups excluding carboxylic acids is 1. The van der Waals surface area contributed by atoms with Crippen molar-refractivity contribution in [1.82, 2.24) is 4.90 Å². The number of unbranched alkanes of at least 4 members (excludes halogenated alkanes) is 2. The number of hydrogen-bond acceptors (Lipinski definition) is 4. The summed E-state index contributed by atoms with van der Waals surface area (Å²) in [6.45, 7) is 2.41. The molecule has 0 fully saturated rings. The summed E-state index contributed by atoms with van der Waals surface area (Å²) < 4.78 is 10.6. The first kappa shape index (κ1) is 14.9. The van der Waals surface area contributed by atoms with Crippen molar-refractivity contribution in [3.63, 3.8) is 0 Å². The lowest BCUT2D eigenvalue weighted by Crippen LogP contribution is -2.35. The van der Waals surface area contributed by atoms with E-state index in [1.807, 2.05) is 31.1 Å². The Labute approximate surface area is 120 Å². The third-order valence-corrected chi connectivity index (χ3v) is 3.66. The second-order valence-electron chi connectivity index (χ2n) is 5.41. The Morgan fingerprint density at radius 2 is 2.00 bits per heavy atom. The van der Waals surface area contributed by atoms with Crippen LogP contribution in [0.15, 0.2) is 18.2 Å². The van der Waals surface area contributed by atoms with Crippen LogP contribution in [0.4, 0.5) is 0 Å². The molecule has 1 aromatic carbocycles. The van der Waals surface area contributed by atoms with Gasteiger partial charge in [-0.2, -0.15) is 0 Å². The molecule has 4 nitrogen and oxygen atoms in total. The van der Waals surface area contributed by atoms with Crippen molar-refractivity contribution in [2.45, 2.75) is 38.6 Å². The van der Waals surface area contributed by atoms with Gasteiger partial charge in [0.05, 0.1) is 6.04 Å². The molecule has 0 aromatic heterocycles. The maximum Gasteiger partial charge on any atom is 0.231 e. The van der Waals surface area contributed by atoms with E-state index in [1.54, 1.807) is 6.07 Å². The van der Waals surface area contributed by atoms with Crippen LogP contribution in [0.3, 0.4) is 0 Å². The third kappa shape index (κ3) is 3.31. The van der Waals surface area contributed by atoms with Gasteiger partial charge in [0.1, 0.15) is 0 Å². The maximum absolute atomic E-state index is 12.6. The van der Waals surface area contributed by atoms with E-state index in [9.17, 15) is 4.79 Å². The van der Waals surface area contributed by atoms with Gasteiger partial charge in [-0.25, -0.2) is 0 Å². The number of likely N-dealkylation sites (N-methyl/N-ethyl adjacent to an activating group) is 1. The molecule has 1 aliphatic heterocycles. The Balaban J connectivity index is 2.10. The van der Waals surface area contributed by atoms with Gasteiger partial charge < -0.3 is 9.47 Å². The van der Waals surface area contributed by atoms with E-state index < -0.39 is 0 Å². The predicted molar refractivity (Wildman–Crippen MR) is 78.5 cm³/mol. The standard InChI is InChI=1S/C16H23NO3/c1-4-5-6-7-13(17(2)3)16(18)12-8-9-14-15(10-12)20-11-19-14/h8-10,13H,4-7,11H2,1-3H3. The van der Waals surface area contributed by atoms with Crippen LogP contribution >= 0.6 is 0 Å². The molecule has 0 spiro atoms. The number of Topliss-reactive ketones (excluding diaryl/α,β-unsaturated/α-hetero) is 1. The fourth-order valence-electron chi connectivity index (χ4n) is 2.45. The van der Waals surface area contributed by atoms with Crippen LogP contribution in [0.5, 0.6) is 11.5 Å². The quantitative estimate of drug-likeness (QED) is 0.567. The minimum absolute atomic E-state index is 0.0677. The van der Waals surface area contributed by atoms with Crippen LogP contribution < -0.4 is 9.47 Å². The number of rotatable bonds is 7. The zero-order chi connectivity index (χ0) is 14.5. The Bertz CT molecular complexity index is 471. The van der Waals surface area contributed by atoms with Gasteiger partial charge >= 0.3 is 0 Å². The largest absolute Gasteiger partial charge is 0.454 e. The van der Waals surface area contributed by atoms with E-state index in [1.165, 1.54) is 12.8 Å². The Hall–Kier alpha value is -1.55. The average molecular weight is 277 g/mol. The molecule has 1 aromatic rings. The summed E-state index contributed by atoms with van der Waals surface area (Å²) in [4.78, 5) is 14.6. The average Bonchev–Trinajstić information content (AvgIpc) is 2.89. The molecular weight excluding hydrogens is 254 g/mol. The highest BCUT2D eigenvalue weighted by Crippen LogP contribution is 2.33. The van der Waals surface area contributed by atoms with Crippen molar-refractivity contribution in [3.05, 3.63) is 23.8 Å². The number of fused-ring (bicyclic) bond motifs is 1. The lowest BCUT2D eigenvalue weighted by atomic mass is 9.98. The minimum Gasteiger partial charge on any atom is -0.454 e. The highest BCUT2D eigenvalue weighted by molar-refractivity contribution is 6.00. The molecule has 0 radical (unpaired) electrons. The second-order valence-corrected chi connectivity index (χ2v) is 5.41. The molecule has 1 aliphatic rings. The molecular formula is C16H23NO3. The summed E-state index contributed by atoms with van der Waals surface area (Å²) in [5, 5.41) is 0. The molecule has 0 bridgehead atoms. The van der Waals surface area contributed by atoms with Crippen molar-refractivity contribution in [2.75, 3.05) is 20.9 Å². The molecule has 0 saturated heterocycles. The van der Waals surface area contributed by atoms with Crippen LogP contribution in [-0.4, -0.2) is 37.6 Å². The molecule has 0 aliphatic carbocycles. The maximum atomic E-state index is 12.6. The summed E-state index contributed by atoms with van der Waals surface area (Å²) >= 11 is 0. The minimum atomic E-state index is -0.0677. The molecule has 20 heavy (non-hydrogen) atoms. The summed E-state index contributed by atoms with van der Waals surface area (Å²) in [7, 11) is 3.92.